The highest BCUT2D eigenvalue weighted by molar-refractivity contribution is 7.98. The van der Waals surface area contributed by atoms with Crippen molar-refractivity contribution in [1.29, 1.82) is 0 Å². The molecule has 1 aromatic carbocycles. The molecule has 0 aliphatic carbocycles. The Kier molecular flexibility index (Phi) is 3.62. The van der Waals surface area contributed by atoms with Crippen LogP contribution in [0.5, 0.6) is 5.75 Å². The number of thioether (sulfide) groups is 1. The van der Waals surface area contributed by atoms with Gasteiger partial charge in [0.15, 0.2) is 5.16 Å². The number of hydrogen-bond acceptors (Lipinski definition) is 6. The summed E-state index contributed by atoms with van der Waals surface area (Å²) in [6.45, 7) is 1.72. The highest BCUT2D eigenvalue weighted by Gasteiger charge is 2.11. The molecule has 0 atom stereocenters. The van der Waals surface area contributed by atoms with E-state index in [4.69, 9.17) is 4.42 Å². The monoisotopic (exact) mass is 300 g/mol. The van der Waals surface area contributed by atoms with Crippen LogP contribution in [-0.4, -0.2) is 15.1 Å². The van der Waals surface area contributed by atoms with Gasteiger partial charge in [-0.3, -0.25) is 0 Å². The molecule has 0 saturated carbocycles. The van der Waals surface area contributed by atoms with Gasteiger partial charge in [0.2, 0.25) is 0 Å². The topological polar surface area (TPSA) is 76.2 Å². The Balaban J connectivity index is 2.02. The molecule has 2 aromatic heterocycles. The fourth-order valence-electron chi connectivity index (χ4n) is 2.04. The summed E-state index contributed by atoms with van der Waals surface area (Å²) >= 11 is 1.44. The lowest BCUT2D eigenvalue weighted by molar-refractivity contribution is 0.468. The Labute approximate surface area is 124 Å². The Morgan fingerprint density at radius 2 is 2.05 bits per heavy atom. The summed E-state index contributed by atoms with van der Waals surface area (Å²) in [6, 6.07) is 6.57. The van der Waals surface area contributed by atoms with Crippen molar-refractivity contribution >= 4 is 22.7 Å². The number of aryl methyl sites for hydroxylation is 1. The van der Waals surface area contributed by atoms with E-state index >= 15 is 0 Å². The van der Waals surface area contributed by atoms with Gasteiger partial charge < -0.3 is 9.52 Å². The lowest BCUT2D eigenvalue weighted by Gasteiger charge is -2.07. The smallest absolute Gasteiger partial charge is 0.336 e. The minimum atomic E-state index is -0.430. The maximum absolute atomic E-state index is 11.7. The molecule has 0 unspecified atom stereocenters. The molecule has 0 spiro atoms. The Morgan fingerprint density at radius 1 is 1.29 bits per heavy atom. The SMILES string of the molecule is Cc1c(O)ccc2c(CSc3ncccn3)cc(=O)oc12. The zero-order chi connectivity index (χ0) is 14.8. The van der Waals surface area contributed by atoms with Crippen molar-refractivity contribution in [2.45, 2.75) is 17.8 Å². The maximum Gasteiger partial charge on any atom is 0.336 e. The van der Waals surface area contributed by atoms with E-state index in [1.807, 2.05) is 0 Å². The second kappa shape index (κ2) is 5.57. The van der Waals surface area contributed by atoms with Crippen LogP contribution in [0.15, 0.2) is 51.0 Å². The first kappa shape index (κ1) is 13.6. The van der Waals surface area contributed by atoms with Gasteiger partial charge in [0.05, 0.1) is 0 Å². The van der Waals surface area contributed by atoms with Crippen LogP contribution in [-0.2, 0) is 5.75 Å². The van der Waals surface area contributed by atoms with Gasteiger partial charge >= 0.3 is 5.63 Å². The summed E-state index contributed by atoms with van der Waals surface area (Å²) < 4.78 is 5.21. The molecule has 2 heterocycles. The fourth-order valence-corrected chi connectivity index (χ4v) is 2.83. The summed E-state index contributed by atoms with van der Waals surface area (Å²) in [6.07, 6.45) is 3.35. The number of fused-ring (bicyclic) bond motifs is 1. The zero-order valence-corrected chi connectivity index (χ0v) is 12.1. The molecule has 6 heteroatoms. The van der Waals surface area contributed by atoms with Crippen molar-refractivity contribution in [3.8, 4) is 5.75 Å². The number of nitrogens with zero attached hydrogens (tertiary/aromatic N) is 2. The van der Waals surface area contributed by atoms with Crippen LogP contribution in [0, 0.1) is 6.92 Å². The lowest BCUT2D eigenvalue weighted by Crippen LogP contribution is -2.01. The molecule has 0 saturated heterocycles. The van der Waals surface area contributed by atoms with Gasteiger partial charge in [-0.1, -0.05) is 11.8 Å². The number of benzene rings is 1. The number of rotatable bonds is 3. The van der Waals surface area contributed by atoms with Gasteiger partial charge in [-0.2, -0.15) is 0 Å². The molecule has 0 bridgehead atoms. The molecular formula is C15H12N2O3S. The molecule has 0 aliphatic rings. The van der Waals surface area contributed by atoms with E-state index < -0.39 is 5.63 Å². The van der Waals surface area contributed by atoms with Crippen molar-refractivity contribution in [2.75, 3.05) is 0 Å². The average Bonchev–Trinajstić information content (AvgIpc) is 2.50. The van der Waals surface area contributed by atoms with Crippen LogP contribution in [0.25, 0.3) is 11.0 Å². The van der Waals surface area contributed by atoms with Crippen LogP contribution in [0.2, 0.25) is 0 Å². The van der Waals surface area contributed by atoms with Crippen LogP contribution < -0.4 is 5.63 Å². The quantitative estimate of drug-likeness (QED) is 0.455. The van der Waals surface area contributed by atoms with Gasteiger partial charge in [-0.25, -0.2) is 14.8 Å². The largest absolute Gasteiger partial charge is 0.508 e. The average molecular weight is 300 g/mol. The van der Waals surface area contributed by atoms with E-state index in [9.17, 15) is 9.90 Å². The third kappa shape index (κ3) is 2.75. The van der Waals surface area contributed by atoms with E-state index in [-0.39, 0.29) is 5.75 Å². The third-order valence-electron chi connectivity index (χ3n) is 3.12. The van der Waals surface area contributed by atoms with Gasteiger partial charge in [-0.15, -0.1) is 0 Å². The van der Waals surface area contributed by atoms with Crippen LogP contribution in [0.1, 0.15) is 11.1 Å². The molecule has 0 fully saturated rings. The van der Waals surface area contributed by atoms with E-state index in [2.05, 4.69) is 9.97 Å². The van der Waals surface area contributed by atoms with Crippen LogP contribution in [0.4, 0.5) is 0 Å². The highest BCUT2D eigenvalue weighted by Crippen LogP contribution is 2.29. The maximum atomic E-state index is 11.7. The van der Waals surface area contributed by atoms with Crippen LogP contribution >= 0.6 is 11.8 Å². The number of phenolic OH excluding ortho intramolecular Hbond substituents is 1. The minimum absolute atomic E-state index is 0.113. The molecule has 0 aliphatic heterocycles. The Hall–Kier alpha value is -2.34. The summed E-state index contributed by atoms with van der Waals surface area (Å²) in [4.78, 5) is 20.0. The Bertz CT molecular complexity index is 847. The number of phenols is 1. The summed E-state index contributed by atoms with van der Waals surface area (Å²) in [7, 11) is 0. The second-order valence-corrected chi connectivity index (χ2v) is 5.44. The predicted molar refractivity (Wildman–Crippen MR) is 80.5 cm³/mol. The van der Waals surface area contributed by atoms with E-state index in [1.165, 1.54) is 17.8 Å². The molecule has 3 rings (SSSR count). The number of aromatic nitrogens is 2. The van der Waals surface area contributed by atoms with Crippen LogP contribution in [0.3, 0.4) is 0 Å². The van der Waals surface area contributed by atoms with Crippen molar-refractivity contribution in [2.24, 2.45) is 0 Å². The zero-order valence-electron chi connectivity index (χ0n) is 11.2. The molecule has 21 heavy (non-hydrogen) atoms. The first-order chi connectivity index (χ1) is 10.1. The second-order valence-electron chi connectivity index (χ2n) is 4.50. The first-order valence-corrected chi connectivity index (χ1v) is 7.29. The molecule has 0 amide bonds. The summed E-state index contributed by atoms with van der Waals surface area (Å²) in [5.41, 5.74) is 1.39. The highest BCUT2D eigenvalue weighted by atomic mass is 32.2. The van der Waals surface area contributed by atoms with Crippen molar-refractivity contribution in [3.05, 3.63) is 58.2 Å². The predicted octanol–water partition coefficient (Wildman–Crippen LogP) is 2.89. The van der Waals surface area contributed by atoms with Gasteiger partial charge in [-0.05, 0) is 30.7 Å². The third-order valence-corrected chi connectivity index (χ3v) is 4.04. The van der Waals surface area contributed by atoms with Crippen molar-refractivity contribution < 1.29 is 9.52 Å². The molecule has 5 nitrogen and oxygen atoms in total. The minimum Gasteiger partial charge on any atom is -0.508 e. The lowest BCUT2D eigenvalue weighted by atomic mass is 10.1. The molecular weight excluding hydrogens is 288 g/mol. The summed E-state index contributed by atoms with van der Waals surface area (Å²) in [5, 5.41) is 11.2. The van der Waals surface area contributed by atoms with Crippen molar-refractivity contribution in [1.82, 2.24) is 9.97 Å². The van der Waals surface area contributed by atoms with Gasteiger partial charge in [0.25, 0.3) is 0 Å². The number of hydrogen-bond donors (Lipinski definition) is 1. The standard InChI is InChI=1S/C15H12N2O3S/c1-9-12(18)4-3-11-10(7-13(19)20-14(9)11)8-21-15-16-5-2-6-17-15/h2-7,18H,8H2,1H3. The van der Waals surface area contributed by atoms with E-state index in [0.29, 0.717) is 22.1 Å². The summed E-state index contributed by atoms with van der Waals surface area (Å²) in [5.74, 6) is 0.665. The molecule has 0 radical (unpaired) electrons. The Morgan fingerprint density at radius 3 is 2.81 bits per heavy atom. The number of aromatic hydroxyl groups is 1. The van der Waals surface area contributed by atoms with Gasteiger partial charge in [0.1, 0.15) is 11.3 Å². The van der Waals surface area contributed by atoms with Gasteiger partial charge in [0, 0.05) is 35.2 Å². The van der Waals surface area contributed by atoms with Crippen molar-refractivity contribution in [3.63, 3.8) is 0 Å². The molecule has 3 aromatic rings. The van der Waals surface area contributed by atoms with E-state index in [0.717, 1.165) is 10.9 Å². The molecule has 1 N–H and O–H groups in total. The molecule has 106 valence electrons. The van der Waals surface area contributed by atoms with E-state index in [1.54, 1.807) is 37.5 Å². The fraction of sp³-hybridized carbons (Fsp3) is 0.133. The first-order valence-electron chi connectivity index (χ1n) is 6.30. The normalized spacial score (nSPS) is 10.9.